The van der Waals surface area contributed by atoms with Crippen molar-refractivity contribution in [3.63, 3.8) is 0 Å². The van der Waals surface area contributed by atoms with Gasteiger partial charge in [0.2, 0.25) is 0 Å². The first-order valence-corrected chi connectivity index (χ1v) is 5.64. The van der Waals surface area contributed by atoms with Crippen LogP contribution in [0.25, 0.3) is 0 Å². The minimum Gasteiger partial charge on any atom is -0.338 e. The summed E-state index contributed by atoms with van der Waals surface area (Å²) in [5.41, 5.74) is 0.139. The summed E-state index contributed by atoms with van der Waals surface area (Å²) in [6.07, 6.45) is 4.98. The monoisotopic (exact) mass is 209 g/mol. The fourth-order valence-electron chi connectivity index (χ4n) is 1.80. The third kappa shape index (κ3) is 3.34. The van der Waals surface area contributed by atoms with Gasteiger partial charge in [-0.15, -0.1) is 0 Å². The molecule has 0 unspecified atom stereocenters. The SMILES string of the molecule is CC(C)NCCC(C)(C)c1nccn1C. The van der Waals surface area contributed by atoms with E-state index >= 15 is 0 Å². The number of hydrogen-bond donors (Lipinski definition) is 1. The summed E-state index contributed by atoms with van der Waals surface area (Å²) in [5, 5.41) is 3.45. The fourth-order valence-corrected chi connectivity index (χ4v) is 1.80. The van der Waals surface area contributed by atoms with Gasteiger partial charge in [0.15, 0.2) is 0 Å². The summed E-state index contributed by atoms with van der Waals surface area (Å²) < 4.78 is 2.11. The first kappa shape index (κ1) is 12.2. The lowest BCUT2D eigenvalue weighted by Gasteiger charge is -2.24. The van der Waals surface area contributed by atoms with Gasteiger partial charge in [-0.1, -0.05) is 27.7 Å². The Morgan fingerprint density at radius 2 is 2.13 bits per heavy atom. The highest BCUT2D eigenvalue weighted by Crippen LogP contribution is 2.24. The first-order valence-electron chi connectivity index (χ1n) is 5.64. The summed E-state index contributed by atoms with van der Waals surface area (Å²) in [5.74, 6) is 1.16. The maximum Gasteiger partial charge on any atom is 0.114 e. The number of aryl methyl sites for hydroxylation is 1. The second-order valence-electron chi connectivity index (χ2n) is 5.10. The van der Waals surface area contributed by atoms with E-state index in [9.17, 15) is 0 Å². The van der Waals surface area contributed by atoms with Gasteiger partial charge < -0.3 is 9.88 Å². The van der Waals surface area contributed by atoms with E-state index in [1.54, 1.807) is 0 Å². The summed E-state index contributed by atoms with van der Waals surface area (Å²) in [6, 6.07) is 0.558. The molecule has 0 bridgehead atoms. The molecule has 0 radical (unpaired) electrons. The van der Waals surface area contributed by atoms with Crippen LogP contribution in [0.5, 0.6) is 0 Å². The Morgan fingerprint density at radius 3 is 2.60 bits per heavy atom. The van der Waals surface area contributed by atoms with Crippen LogP contribution in [0, 0.1) is 0 Å². The summed E-state index contributed by atoms with van der Waals surface area (Å²) >= 11 is 0. The van der Waals surface area contributed by atoms with Crippen molar-refractivity contribution >= 4 is 0 Å². The Kier molecular flexibility index (Phi) is 3.91. The van der Waals surface area contributed by atoms with Crippen molar-refractivity contribution in [2.24, 2.45) is 7.05 Å². The summed E-state index contributed by atoms with van der Waals surface area (Å²) in [7, 11) is 2.06. The van der Waals surface area contributed by atoms with Crippen molar-refractivity contribution in [1.82, 2.24) is 14.9 Å². The molecule has 1 heterocycles. The van der Waals surface area contributed by atoms with Crippen molar-refractivity contribution in [2.45, 2.75) is 45.6 Å². The van der Waals surface area contributed by atoms with E-state index in [-0.39, 0.29) is 5.41 Å². The molecule has 1 aromatic rings. The molecule has 86 valence electrons. The molecule has 0 aliphatic carbocycles. The Bertz CT molecular complexity index is 300. The minimum absolute atomic E-state index is 0.139. The number of imidazole rings is 1. The lowest BCUT2D eigenvalue weighted by Crippen LogP contribution is -2.31. The molecule has 0 saturated carbocycles. The maximum absolute atomic E-state index is 4.42. The molecular weight excluding hydrogens is 186 g/mol. The molecule has 0 fully saturated rings. The van der Waals surface area contributed by atoms with Gasteiger partial charge in [0.25, 0.3) is 0 Å². The van der Waals surface area contributed by atoms with Gasteiger partial charge in [-0.3, -0.25) is 0 Å². The van der Waals surface area contributed by atoms with Gasteiger partial charge in [0, 0.05) is 30.9 Å². The minimum atomic E-state index is 0.139. The molecule has 3 heteroatoms. The second kappa shape index (κ2) is 4.79. The smallest absolute Gasteiger partial charge is 0.114 e. The van der Waals surface area contributed by atoms with E-state index in [0.29, 0.717) is 6.04 Å². The summed E-state index contributed by atoms with van der Waals surface area (Å²) in [6.45, 7) is 9.88. The Balaban J connectivity index is 2.56. The van der Waals surface area contributed by atoms with Crippen LogP contribution in [0.3, 0.4) is 0 Å². The Labute approximate surface area is 92.9 Å². The highest BCUT2D eigenvalue weighted by atomic mass is 15.0. The third-order valence-electron chi connectivity index (χ3n) is 2.73. The van der Waals surface area contributed by atoms with E-state index in [2.05, 4.69) is 49.6 Å². The van der Waals surface area contributed by atoms with Crippen molar-refractivity contribution < 1.29 is 0 Å². The third-order valence-corrected chi connectivity index (χ3v) is 2.73. The molecule has 1 N–H and O–H groups in total. The van der Waals surface area contributed by atoms with Gasteiger partial charge in [-0.05, 0) is 13.0 Å². The predicted molar refractivity (Wildman–Crippen MR) is 64.0 cm³/mol. The molecule has 0 aromatic carbocycles. The van der Waals surface area contributed by atoms with Gasteiger partial charge in [-0.25, -0.2) is 4.98 Å². The van der Waals surface area contributed by atoms with Crippen LogP contribution in [-0.2, 0) is 12.5 Å². The quantitative estimate of drug-likeness (QED) is 0.804. The number of nitrogens with zero attached hydrogens (tertiary/aromatic N) is 2. The van der Waals surface area contributed by atoms with Crippen LogP contribution in [0.1, 0.15) is 39.9 Å². The van der Waals surface area contributed by atoms with Crippen molar-refractivity contribution in [3.05, 3.63) is 18.2 Å². The average molecular weight is 209 g/mol. The molecule has 1 aromatic heterocycles. The van der Waals surface area contributed by atoms with Crippen LogP contribution in [-0.4, -0.2) is 22.1 Å². The highest BCUT2D eigenvalue weighted by Gasteiger charge is 2.24. The molecule has 0 amide bonds. The largest absolute Gasteiger partial charge is 0.338 e. The van der Waals surface area contributed by atoms with Crippen molar-refractivity contribution in [1.29, 1.82) is 0 Å². The zero-order valence-corrected chi connectivity index (χ0v) is 10.5. The number of aromatic nitrogens is 2. The highest BCUT2D eigenvalue weighted by molar-refractivity contribution is 5.06. The molecule has 3 nitrogen and oxygen atoms in total. The second-order valence-corrected chi connectivity index (χ2v) is 5.10. The molecule has 0 aliphatic heterocycles. The molecule has 15 heavy (non-hydrogen) atoms. The molecule has 0 spiro atoms. The standard InChI is InChI=1S/C12H23N3/c1-10(2)13-7-6-12(3,4)11-14-8-9-15(11)5/h8-10,13H,6-7H2,1-5H3. The van der Waals surface area contributed by atoms with Crippen molar-refractivity contribution in [3.8, 4) is 0 Å². The van der Waals surface area contributed by atoms with Crippen molar-refractivity contribution in [2.75, 3.05) is 6.54 Å². The topological polar surface area (TPSA) is 29.9 Å². The van der Waals surface area contributed by atoms with Gasteiger partial charge in [-0.2, -0.15) is 0 Å². The van der Waals surface area contributed by atoms with Gasteiger partial charge in [0.1, 0.15) is 5.82 Å². The van der Waals surface area contributed by atoms with Crippen LogP contribution in [0.4, 0.5) is 0 Å². The van der Waals surface area contributed by atoms with Crippen LogP contribution >= 0.6 is 0 Å². The average Bonchev–Trinajstić information content (AvgIpc) is 2.50. The van der Waals surface area contributed by atoms with E-state index in [1.165, 1.54) is 0 Å². The molecular formula is C12H23N3. The van der Waals surface area contributed by atoms with E-state index in [0.717, 1.165) is 18.8 Å². The molecule has 0 aliphatic rings. The van der Waals surface area contributed by atoms with Crippen LogP contribution in [0.15, 0.2) is 12.4 Å². The number of hydrogen-bond acceptors (Lipinski definition) is 2. The van der Waals surface area contributed by atoms with Crippen LogP contribution in [0.2, 0.25) is 0 Å². The van der Waals surface area contributed by atoms with Gasteiger partial charge >= 0.3 is 0 Å². The zero-order valence-electron chi connectivity index (χ0n) is 10.5. The predicted octanol–water partition coefficient (Wildman–Crippen LogP) is 2.09. The Hall–Kier alpha value is -0.830. The van der Waals surface area contributed by atoms with E-state index in [4.69, 9.17) is 0 Å². The Morgan fingerprint density at radius 1 is 1.47 bits per heavy atom. The lowest BCUT2D eigenvalue weighted by atomic mass is 9.88. The number of nitrogens with one attached hydrogen (secondary N) is 1. The van der Waals surface area contributed by atoms with Gasteiger partial charge in [0.05, 0.1) is 0 Å². The zero-order chi connectivity index (χ0) is 11.5. The van der Waals surface area contributed by atoms with Crippen LogP contribution < -0.4 is 5.32 Å². The molecule has 1 rings (SSSR count). The fraction of sp³-hybridized carbons (Fsp3) is 0.750. The molecule has 0 atom stereocenters. The maximum atomic E-state index is 4.42. The molecule has 0 saturated heterocycles. The lowest BCUT2D eigenvalue weighted by molar-refractivity contribution is 0.411. The van der Waals surface area contributed by atoms with E-state index in [1.807, 2.05) is 12.4 Å². The normalized spacial score (nSPS) is 12.4. The number of rotatable bonds is 5. The van der Waals surface area contributed by atoms with E-state index < -0.39 is 0 Å². The first-order chi connectivity index (χ1) is 6.93. The summed E-state index contributed by atoms with van der Waals surface area (Å²) in [4.78, 5) is 4.42.